The molecule has 2 aromatic carbocycles. The highest BCUT2D eigenvalue weighted by atomic mass is 32.3. The molecule has 0 bridgehead atoms. The van der Waals surface area contributed by atoms with Crippen molar-refractivity contribution in [2.75, 3.05) is 5.43 Å². The highest BCUT2D eigenvalue weighted by Crippen LogP contribution is 2.12. The van der Waals surface area contributed by atoms with Gasteiger partial charge in [0.25, 0.3) is 0 Å². The highest BCUT2D eigenvalue weighted by Gasteiger charge is 2.02. The molecular formula is C18H18N4O6S. The predicted molar refractivity (Wildman–Crippen MR) is 107 cm³/mol. The van der Waals surface area contributed by atoms with Crippen LogP contribution in [0.4, 0.5) is 5.69 Å². The van der Waals surface area contributed by atoms with Gasteiger partial charge in [0.1, 0.15) is 0 Å². The summed E-state index contributed by atoms with van der Waals surface area (Å²) >= 11 is 0. The normalized spacial score (nSPS) is 11.3. The average molecular weight is 418 g/mol. The molecule has 0 saturated carbocycles. The van der Waals surface area contributed by atoms with Gasteiger partial charge >= 0.3 is 16.4 Å². The molecule has 0 aliphatic rings. The molecule has 0 atom stereocenters. The van der Waals surface area contributed by atoms with Crippen molar-refractivity contribution in [3.8, 4) is 5.69 Å². The molecule has 11 heteroatoms. The second-order valence-corrected chi connectivity index (χ2v) is 6.55. The molecule has 0 unspecified atom stereocenters. The number of hydrazone groups is 1. The lowest BCUT2D eigenvalue weighted by Crippen LogP contribution is -2.01. The fraction of sp³-hybridized carbons (Fsp3) is 0.0556. The summed E-state index contributed by atoms with van der Waals surface area (Å²) in [5, 5.41) is 13.2. The summed E-state index contributed by atoms with van der Waals surface area (Å²) in [5.74, 6) is -0.945. The minimum Gasteiger partial charge on any atom is -0.478 e. The first-order valence-electron chi connectivity index (χ1n) is 8.06. The van der Waals surface area contributed by atoms with Crippen LogP contribution in [0.15, 0.2) is 72.4 Å². The number of nitrogens with zero attached hydrogens (tertiary/aromatic N) is 3. The van der Waals surface area contributed by atoms with Gasteiger partial charge < -0.3 is 9.67 Å². The van der Waals surface area contributed by atoms with E-state index in [0.29, 0.717) is 0 Å². The maximum absolute atomic E-state index is 10.8. The number of hydrogen-bond donors (Lipinski definition) is 4. The molecule has 1 heterocycles. The van der Waals surface area contributed by atoms with Crippen molar-refractivity contribution in [2.45, 2.75) is 6.92 Å². The van der Waals surface area contributed by atoms with Gasteiger partial charge in [-0.2, -0.15) is 13.5 Å². The van der Waals surface area contributed by atoms with Crippen LogP contribution in [-0.4, -0.2) is 43.9 Å². The van der Waals surface area contributed by atoms with Crippen LogP contribution in [0.2, 0.25) is 0 Å². The van der Waals surface area contributed by atoms with Gasteiger partial charge in [0.2, 0.25) is 0 Å². The van der Waals surface area contributed by atoms with Crippen molar-refractivity contribution in [3.63, 3.8) is 0 Å². The van der Waals surface area contributed by atoms with Crippen molar-refractivity contribution < 1.29 is 27.4 Å². The zero-order chi connectivity index (χ0) is 21.4. The average Bonchev–Trinajstić information content (AvgIpc) is 3.20. The van der Waals surface area contributed by atoms with Gasteiger partial charge in [-0.15, -0.1) is 0 Å². The quantitative estimate of drug-likeness (QED) is 0.280. The van der Waals surface area contributed by atoms with Gasteiger partial charge in [-0.1, -0.05) is 12.1 Å². The fourth-order valence-electron chi connectivity index (χ4n) is 2.19. The van der Waals surface area contributed by atoms with E-state index >= 15 is 0 Å². The Morgan fingerprint density at radius 1 is 1.03 bits per heavy atom. The van der Waals surface area contributed by atoms with Crippen LogP contribution in [0.25, 0.3) is 5.69 Å². The lowest BCUT2D eigenvalue weighted by Gasteiger charge is -2.06. The molecule has 0 radical (unpaired) electrons. The van der Waals surface area contributed by atoms with Crippen LogP contribution >= 0.6 is 0 Å². The molecule has 0 amide bonds. The van der Waals surface area contributed by atoms with Crippen molar-refractivity contribution >= 4 is 27.8 Å². The minimum absolute atomic E-state index is 0.247. The summed E-state index contributed by atoms with van der Waals surface area (Å²) in [6, 6.07) is 14.4. The van der Waals surface area contributed by atoms with Crippen LogP contribution in [0.1, 0.15) is 22.8 Å². The third-order valence-corrected chi connectivity index (χ3v) is 3.57. The third kappa shape index (κ3) is 7.54. The SMILES string of the molecule is C/C(=N\Nc1ccc(C(=O)O)cc1)c1ccc(-n2ccnc2)cc1.O=S(=O)(O)O. The first kappa shape index (κ1) is 21.8. The zero-order valence-corrected chi connectivity index (χ0v) is 16.0. The molecule has 0 saturated heterocycles. The van der Waals surface area contributed by atoms with Crippen LogP contribution in [0.3, 0.4) is 0 Å². The van der Waals surface area contributed by atoms with E-state index in [1.807, 2.05) is 42.0 Å². The van der Waals surface area contributed by atoms with E-state index in [1.54, 1.807) is 24.7 Å². The summed E-state index contributed by atoms with van der Waals surface area (Å²) in [7, 11) is -4.67. The number of carboxylic acid groups (broad SMARTS) is 1. The lowest BCUT2D eigenvalue weighted by molar-refractivity contribution is 0.0697. The standard InChI is InChI=1S/C18H16N4O2.H2O4S/c1-13(20-21-16-6-2-15(3-7-16)18(23)24)14-4-8-17(9-5-14)22-11-10-19-12-22;1-5(2,3)4/h2-12,21H,1H3,(H,23,24);(H2,1,2,3,4)/b20-13+;. The number of hydrogen-bond acceptors (Lipinski definition) is 6. The molecule has 3 aromatic rings. The summed E-state index contributed by atoms with van der Waals surface area (Å²) < 4.78 is 33.5. The summed E-state index contributed by atoms with van der Waals surface area (Å²) in [6.07, 6.45) is 5.37. The van der Waals surface area contributed by atoms with Crippen molar-refractivity contribution in [1.82, 2.24) is 9.55 Å². The predicted octanol–water partition coefficient (Wildman–Crippen LogP) is 2.75. The highest BCUT2D eigenvalue weighted by molar-refractivity contribution is 7.79. The number of aromatic nitrogens is 2. The largest absolute Gasteiger partial charge is 0.478 e. The third-order valence-electron chi connectivity index (χ3n) is 3.57. The molecule has 3 rings (SSSR count). The first-order valence-corrected chi connectivity index (χ1v) is 9.45. The summed E-state index contributed by atoms with van der Waals surface area (Å²) in [5.41, 5.74) is 6.76. The molecule has 0 aliphatic carbocycles. The van der Waals surface area contributed by atoms with E-state index in [4.69, 9.17) is 22.6 Å². The van der Waals surface area contributed by atoms with E-state index in [-0.39, 0.29) is 5.56 Å². The maximum atomic E-state index is 10.8. The molecule has 0 aliphatic heterocycles. The van der Waals surface area contributed by atoms with Gasteiger partial charge in [0.15, 0.2) is 0 Å². The van der Waals surface area contributed by atoms with E-state index < -0.39 is 16.4 Å². The Labute approximate surface area is 166 Å². The molecule has 29 heavy (non-hydrogen) atoms. The Bertz CT molecular complexity index is 1070. The zero-order valence-electron chi connectivity index (χ0n) is 15.2. The number of anilines is 1. The van der Waals surface area contributed by atoms with Gasteiger partial charge in [-0.25, -0.2) is 9.78 Å². The van der Waals surface area contributed by atoms with E-state index in [9.17, 15) is 4.79 Å². The fourth-order valence-corrected chi connectivity index (χ4v) is 2.19. The number of benzene rings is 2. The summed E-state index contributed by atoms with van der Waals surface area (Å²) in [4.78, 5) is 14.9. The Morgan fingerprint density at radius 2 is 1.59 bits per heavy atom. The van der Waals surface area contributed by atoms with Gasteiger partial charge in [-0.05, 0) is 48.9 Å². The lowest BCUT2D eigenvalue weighted by atomic mass is 10.1. The number of carbonyl (C=O) groups is 1. The number of rotatable bonds is 5. The molecule has 10 nitrogen and oxygen atoms in total. The number of carboxylic acids is 1. The topological polar surface area (TPSA) is 154 Å². The monoisotopic (exact) mass is 418 g/mol. The first-order chi connectivity index (χ1) is 13.6. The van der Waals surface area contributed by atoms with Gasteiger partial charge in [0, 0.05) is 18.1 Å². The Morgan fingerprint density at radius 3 is 2.07 bits per heavy atom. The Balaban J connectivity index is 0.000000537. The van der Waals surface area contributed by atoms with E-state index in [0.717, 1.165) is 22.6 Å². The van der Waals surface area contributed by atoms with Crippen LogP contribution < -0.4 is 5.43 Å². The van der Waals surface area contributed by atoms with Crippen LogP contribution in [0, 0.1) is 0 Å². The van der Waals surface area contributed by atoms with E-state index in [1.165, 1.54) is 12.1 Å². The maximum Gasteiger partial charge on any atom is 0.394 e. The minimum atomic E-state index is -4.67. The molecule has 152 valence electrons. The smallest absolute Gasteiger partial charge is 0.394 e. The van der Waals surface area contributed by atoms with Crippen molar-refractivity contribution in [2.24, 2.45) is 5.10 Å². The molecule has 4 N–H and O–H groups in total. The molecule has 0 fully saturated rings. The Hall–Kier alpha value is -3.54. The van der Waals surface area contributed by atoms with Crippen LogP contribution in [0.5, 0.6) is 0 Å². The number of nitrogens with one attached hydrogen (secondary N) is 1. The van der Waals surface area contributed by atoms with Gasteiger partial charge in [0.05, 0.1) is 23.3 Å². The molecule has 1 aromatic heterocycles. The van der Waals surface area contributed by atoms with Crippen molar-refractivity contribution in [1.29, 1.82) is 0 Å². The molecule has 0 spiro atoms. The second kappa shape index (κ2) is 9.59. The second-order valence-electron chi connectivity index (χ2n) is 5.66. The number of imidazole rings is 1. The number of aromatic carboxylic acids is 1. The summed E-state index contributed by atoms with van der Waals surface area (Å²) in [6.45, 7) is 1.91. The van der Waals surface area contributed by atoms with Crippen LogP contribution in [-0.2, 0) is 10.4 Å². The molecular weight excluding hydrogens is 400 g/mol. The van der Waals surface area contributed by atoms with Crippen molar-refractivity contribution in [3.05, 3.63) is 78.4 Å². The van der Waals surface area contributed by atoms with E-state index in [2.05, 4.69) is 15.5 Å². The van der Waals surface area contributed by atoms with Gasteiger partial charge in [-0.3, -0.25) is 14.5 Å². The Kier molecular flexibility index (Phi) is 7.20.